The smallest absolute Gasteiger partial charge is 0.343 e. The second-order valence-corrected chi connectivity index (χ2v) is 9.39. The Morgan fingerprint density at radius 3 is 2.30 bits per heavy atom. The third-order valence-corrected chi connectivity index (χ3v) is 7.33. The maximum absolute atomic E-state index is 15.0. The highest BCUT2D eigenvalue weighted by Crippen LogP contribution is 2.49. The van der Waals surface area contributed by atoms with Gasteiger partial charge in [0.15, 0.2) is 11.6 Å². The number of hydrogen-bond donors (Lipinski definition) is 0. The van der Waals surface area contributed by atoms with Crippen LogP contribution in [0.15, 0.2) is 43.0 Å². The van der Waals surface area contributed by atoms with Crippen molar-refractivity contribution in [3.8, 4) is 5.75 Å². The molecule has 0 radical (unpaired) electrons. The third kappa shape index (κ3) is 5.31. The maximum atomic E-state index is 15.0. The number of carbonyl (C=O) groups excluding carboxylic acids is 1. The summed E-state index contributed by atoms with van der Waals surface area (Å²) < 4.78 is 61.3. The van der Waals surface area contributed by atoms with E-state index >= 15 is 0 Å². The second kappa shape index (κ2) is 10.1. The van der Waals surface area contributed by atoms with Crippen LogP contribution in [0.25, 0.3) is 0 Å². The Balaban J connectivity index is 1.44. The summed E-state index contributed by atoms with van der Waals surface area (Å²) in [5.41, 5.74) is -0.276. The van der Waals surface area contributed by atoms with Gasteiger partial charge < -0.3 is 4.74 Å². The van der Waals surface area contributed by atoms with E-state index < -0.39 is 29.2 Å². The Labute approximate surface area is 191 Å². The predicted molar refractivity (Wildman–Crippen MR) is 118 cm³/mol. The van der Waals surface area contributed by atoms with Crippen molar-refractivity contribution in [3.63, 3.8) is 0 Å². The molecule has 0 amide bonds. The minimum Gasteiger partial charge on any atom is -0.423 e. The molecule has 176 valence electrons. The summed E-state index contributed by atoms with van der Waals surface area (Å²) in [7, 11) is 0. The highest BCUT2D eigenvalue weighted by molar-refractivity contribution is 5.91. The minimum absolute atomic E-state index is 0.0339. The number of rotatable bonds is 6. The minimum atomic E-state index is -1.18. The molecule has 4 rings (SSSR count). The predicted octanol–water partition coefficient (Wildman–Crippen LogP) is 7.73. The zero-order valence-electron chi connectivity index (χ0n) is 18.5. The molecule has 4 unspecified atom stereocenters. The van der Waals surface area contributed by atoms with Crippen LogP contribution < -0.4 is 4.74 Å². The standard InChI is InChI=1S/C27H28F4O2/c1-2-3-4-16-5-6-18-12-19(8-7-17(18)11-16)26-24(30)13-20(14-25(26)31)27(32)33-21-9-10-22(28)23(29)15-21/h2,9-10,13-19H,1,3-8,11-12H2. The normalized spacial score (nSPS) is 24.7. The van der Waals surface area contributed by atoms with Crippen LogP contribution in [-0.4, -0.2) is 5.97 Å². The van der Waals surface area contributed by atoms with Crippen molar-refractivity contribution in [3.05, 3.63) is 77.4 Å². The number of hydrogen-bond acceptors (Lipinski definition) is 2. The van der Waals surface area contributed by atoms with Crippen LogP contribution in [0.3, 0.4) is 0 Å². The number of fused-ring (bicyclic) bond motifs is 1. The molecule has 2 nitrogen and oxygen atoms in total. The van der Waals surface area contributed by atoms with Gasteiger partial charge in [0.05, 0.1) is 5.56 Å². The van der Waals surface area contributed by atoms with Crippen molar-refractivity contribution < 1.29 is 27.1 Å². The lowest BCUT2D eigenvalue weighted by atomic mass is 9.63. The Bertz CT molecular complexity index is 1010. The molecule has 4 atom stereocenters. The fraction of sp³-hybridized carbons (Fsp3) is 0.444. The molecule has 0 N–H and O–H groups in total. The van der Waals surface area contributed by atoms with E-state index in [-0.39, 0.29) is 22.8 Å². The van der Waals surface area contributed by atoms with E-state index in [1.165, 1.54) is 12.8 Å². The Hall–Kier alpha value is -2.63. The van der Waals surface area contributed by atoms with Gasteiger partial charge in [0.2, 0.25) is 0 Å². The van der Waals surface area contributed by atoms with Gasteiger partial charge in [0.25, 0.3) is 0 Å². The summed E-state index contributed by atoms with van der Waals surface area (Å²) in [6.07, 6.45) is 10.0. The first-order valence-corrected chi connectivity index (χ1v) is 11.6. The summed E-state index contributed by atoms with van der Waals surface area (Å²) in [6.45, 7) is 3.80. The molecule has 0 heterocycles. The average molecular weight is 461 g/mol. The molecular formula is C27H28F4O2. The lowest BCUT2D eigenvalue weighted by Crippen LogP contribution is -2.31. The van der Waals surface area contributed by atoms with Gasteiger partial charge in [0.1, 0.15) is 17.4 Å². The third-order valence-electron chi connectivity index (χ3n) is 7.33. The van der Waals surface area contributed by atoms with Crippen molar-refractivity contribution in [2.45, 2.75) is 57.3 Å². The van der Waals surface area contributed by atoms with Gasteiger partial charge in [-0.25, -0.2) is 22.4 Å². The first-order chi connectivity index (χ1) is 15.9. The molecule has 2 saturated carbocycles. The average Bonchev–Trinajstić information content (AvgIpc) is 2.79. The molecule has 33 heavy (non-hydrogen) atoms. The van der Waals surface area contributed by atoms with E-state index in [0.717, 1.165) is 62.8 Å². The Morgan fingerprint density at radius 2 is 1.61 bits per heavy atom. The summed E-state index contributed by atoms with van der Waals surface area (Å²) in [6, 6.07) is 4.53. The van der Waals surface area contributed by atoms with Gasteiger partial charge in [-0.3, -0.25) is 0 Å². The fourth-order valence-electron chi connectivity index (χ4n) is 5.66. The first kappa shape index (κ1) is 23.5. The van der Waals surface area contributed by atoms with E-state index in [1.807, 2.05) is 6.08 Å². The van der Waals surface area contributed by atoms with Gasteiger partial charge in [-0.15, -0.1) is 6.58 Å². The van der Waals surface area contributed by atoms with Crippen molar-refractivity contribution in [2.24, 2.45) is 17.8 Å². The van der Waals surface area contributed by atoms with E-state index in [1.54, 1.807) is 0 Å². The lowest BCUT2D eigenvalue weighted by Gasteiger charge is -2.42. The molecule has 2 aliphatic carbocycles. The molecule has 2 fully saturated rings. The summed E-state index contributed by atoms with van der Waals surface area (Å²) in [5, 5.41) is 0. The molecule has 0 spiro atoms. The maximum Gasteiger partial charge on any atom is 0.343 e. The fourth-order valence-corrected chi connectivity index (χ4v) is 5.66. The molecule has 0 saturated heterocycles. The highest BCUT2D eigenvalue weighted by Gasteiger charge is 2.37. The van der Waals surface area contributed by atoms with E-state index in [2.05, 4.69) is 6.58 Å². The van der Waals surface area contributed by atoms with Crippen LogP contribution in [0, 0.1) is 41.0 Å². The molecule has 6 heteroatoms. The number of esters is 1. The van der Waals surface area contributed by atoms with Crippen LogP contribution in [0.1, 0.15) is 73.2 Å². The van der Waals surface area contributed by atoms with Gasteiger partial charge in [-0.2, -0.15) is 0 Å². The molecule has 0 bridgehead atoms. The van der Waals surface area contributed by atoms with Crippen LogP contribution in [0.5, 0.6) is 5.75 Å². The molecular weight excluding hydrogens is 432 g/mol. The second-order valence-electron chi connectivity index (χ2n) is 9.39. The zero-order chi connectivity index (χ0) is 23.5. The van der Waals surface area contributed by atoms with Gasteiger partial charge >= 0.3 is 5.97 Å². The lowest BCUT2D eigenvalue weighted by molar-refractivity contribution is 0.0732. The summed E-state index contributed by atoms with van der Waals surface area (Å²) in [5.74, 6) is -3.50. The molecule has 2 aliphatic rings. The number of carbonyl (C=O) groups is 1. The van der Waals surface area contributed by atoms with Gasteiger partial charge in [-0.05, 0) is 92.9 Å². The van der Waals surface area contributed by atoms with Crippen molar-refractivity contribution in [2.75, 3.05) is 0 Å². The number of allylic oxidation sites excluding steroid dienone is 1. The Morgan fingerprint density at radius 1 is 0.909 bits per heavy atom. The van der Waals surface area contributed by atoms with Crippen molar-refractivity contribution in [1.29, 1.82) is 0 Å². The topological polar surface area (TPSA) is 26.3 Å². The largest absolute Gasteiger partial charge is 0.423 e. The first-order valence-electron chi connectivity index (χ1n) is 11.6. The van der Waals surface area contributed by atoms with Crippen molar-refractivity contribution in [1.82, 2.24) is 0 Å². The zero-order valence-corrected chi connectivity index (χ0v) is 18.5. The summed E-state index contributed by atoms with van der Waals surface area (Å²) in [4.78, 5) is 12.3. The SMILES string of the molecule is C=CCCC1CCC2CC(c3c(F)cc(C(=O)Oc4ccc(F)c(F)c4)cc3F)CCC2C1. The van der Waals surface area contributed by atoms with Crippen LogP contribution in [0.4, 0.5) is 17.6 Å². The number of halogens is 4. The van der Waals surface area contributed by atoms with E-state index in [4.69, 9.17) is 4.74 Å². The summed E-state index contributed by atoms with van der Waals surface area (Å²) >= 11 is 0. The molecule has 2 aromatic carbocycles. The van der Waals surface area contributed by atoms with Crippen LogP contribution in [-0.2, 0) is 0 Å². The Kier molecular flexibility index (Phi) is 7.20. The van der Waals surface area contributed by atoms with Crippen LogP contribution in [0.2, 0.25) is 0 Å². The molecule has 0 aromatic heterocycles. The molecule has 0 aliphatic heterocycles. The number of benzene rings is 2. The van der Waals surface area contributed by atoms with Gasteiger partial charge in [0, 0.05) is 11.6 Å². The van der Waals surface area contributed by atoms with E-state index in [9.17, 15) is 22.4 Å². The van der Waals surface area contributed by atoms with Gasteiger partial charge in [-0.1, -0.05) is 12.5 Å². The van der Waals surface area contributed by atoms with E-state index in [0.29, 0.717) is 23.8 Å². The highest BCUT2D eigenvalue weighted by atomic mass is 19.2. The van der Waals surface area contributed by atoms with Crippen molar-refractivity contribution >= 4 is 5.97 Å². The quantitative estimate of drug-likeness (QED) is 0.191. The van der Waals surface area contributed by atoms with Crippen LogP contribution >= 0.6 is 0 Å². The molecule has 2 aromatic rings. The number of ether oxygens (including phenoxy) is 1. The monoisotopic (exact) mass is 460 g/mol.